The predicted molar refractivity (Wildman–Crippen MR) is 158 cm³/mol. The number of nitrogens with one attached hydrogen (secondary N) is 1. The first-order valence-corrected chi connectivity index (χ1v) is 13.5. The van der Waals surface area contributed by atoms with Gasteiger partial charge >= 0.3 is 5.97 Å². The molecule has 3 aromatic carbocycles. The molecule has 9 heteroatoms. The van der Waals surface area contributed by atoms with E-state index in [1.54, 1.807) is 22.8 Å². The van der Waals surface area contributed by atoms with E-state index < -0.39 is 42.1 Å². The molecular weight excluding hydrogens is 542 g/mol. The van der Waals surface area contributed by atoms with Crippen LogP contribution in [0.1, 0.15) is 48.9 Å². The first-order valence-electron chi connectivity index (χ1n) is 13.5. The summed E-state index contributed by atoms with van der Waals surface area (Å²) in [6.07, 6.45) is -0.110. The molecule has 0 bridgehead atoms. The molecule has 0 spiro atoms. The zero-order valence-corrected chi connectivity index (χ0v) is 23.2. The number of aliphatic carboxylic acids is 1. The number of anilines is 1. The van der Waals surface area contributed by atoms with Gasteiger partial charge in [0.05, 0.1) is 18.6 Å². The number of amides is 1. The highest BCUT2D eigenvalue weighted by atomic mass is 19.1. The summed E-state index contributed by atoms with van der Waals surface area (Å²) in [6, 6.07) is 20.2. The minimum Gasteiger partial charge on any atom is -0.481 e. The molecule has 0 aliphatic carbocycles. The van der Waals surface area contributed by atoms with E-state index in [0.717, 1.165) is 0 Å². The molecule has 0 saturated carbocycles. The third kappa shape index (κ3) is 7.18. The molecule has 7 nitrogen and oxygen atoms in total. The molecule has 0 radical (unpaired) electrons. The molecule has 0 aliphatic heterocycles. The van der Waals surface area contributed by atoms with Gasteiger partial charge in [0.25, 0.3) is 5.91 Å². The fourth-order valence-corrected chi connectivity index (χ4v) is 4.89. The molecule has 218 valence electrons. The number of nitrogens with zero attached hydrogens (tertiary/aromatic N) is 1. The van der Waals surface area contributed by atoms with Crippen LogP contribution in [0.3, 0.4) is 0 Å². The second-order valence-electron chi connectivity index (χ2n) is 10.2. The van der Waals surface area contributed by atoms with Gasteiger partial charge in [-0.2, -0.15) is 0 Å². The van der Waals surface area contributed by atoms with Crippen LogP contribution in [0.5, 0.6) is 0 Å². The zero-order chi connectivity index (χ0) is 30.4. The van der Waals surface area contributed by atoms with E-state index in [1.165, 1.54) is 42.5 Å². The Labute approximate surface area is 242 Å². The first-order chi connectivity index (χ1) is 20.0. The highest BCUT2D eigenvalue weighted by Crippen LogP contribution is 2.43. The van der Waals surface area contributed by atoms with E-state index in [9.17, 15) is 28.6 Å². The predicted octanol–water partition coefficient (Wildman–Crippen LogP) is 6.53. The molecule has 0 fully saturated rings. The summed E-state index contributed by atoms with van der Waals surface area (Å²) in [6.45, 7) is 3.78. The minimum absolute atomic E-state index is 0.208. The number of hydrogen-bond acceptors (Lipinski definition) is 4. The van der Waals surface area contributed by atoms with E-state index in [4.69, 9.17) is 5.11 Å². The maximum absolute atomic E-state index is 14.0. The summed E-state index contributed by atoms with van der Waals surface area (Å²) in [4.78, 5) is 25.0. The van der Waals surface area contributed by atoms with Gasteiger partial charge in [-0.3, -0.25) is 9.59 Å². The van der Waals surface area contributed by atoms with Crippen LogP contribution in [0.4, 0.5) is 14.5 Å². The van der Waals surface area contributed by atoms with Crippen molar-refractivity contribution >= 4 is 23.6 Å². The molecule has 0 saturated heterocycles. The van der Waals surface area contributed by atoms with Gasteiger partial charge in [-0.05, 0) is 67.4 Å². The van der Waals surface area contributed by atoms with Gasteiger partial charge in [-0.25, -0.2) is 8.78 Å². The number of aromatic nitrogens is 1. The topological polar surface area (TPSA) is 112 Å². The van der Waals surface area contributed by atoms with E-state index in [2.05, 4.69) is 5.32 Å². The Morgan fingerprint density at radius 2 is 1.43 bits per heavy atom. The Kier molecular flexibility index (Phi) is 9.67. The molecule has 2 atom stereocenters. The summed E-state index contributed by atoms with van der Waals surface area (Å²) >= 11 is 0. The number of carboxylic acids is 1. The molecular formula is C33H32F2N2O5. The number of aliphatic hydroxyl groups excluding tert-OH is 2. The van der Waals surface area contributed by atoms with Gasteiger partial charge in [-0.1, -0.05) is 48.5 Å². The van der Waals surface area contributed by atoms with Crippen molar-refractivity contribution in [3.63, 3.8) is 0 Å². The lowest BCUT2D eigenvalue weighted by atomic mass is 9.94. The van der Waals surface area contributed by atoms with Crippen LogP contribution in [0.25, 0.3) is 28.3 Å². The van der Waals surface area contributed by atoms with Crippen LogP contribution < -0.4 is 5.32 Å². The maximum Gasteiger partial charge on any atom is 0.305 e. The number of carbonyl (C=O) groups is 2. The van der Waals surface area contributed by atoms with Crippen LogP contribution in [0.2, 0.25) is 0 Å². The fourth-order valence-electron chi connectivity index (χ4n) is 4.89. The highest BCUT2D eigenvalue weighted by Gasteiger charge is 2.29. The molecule has 4 N–H and O–H groups in total. The maximum atomic E-state index is 14.0. The lowest BCUT2D eigenvalue weighted by molar-refractivity contribution is -0.139. The van der Waals surface area contributed by atoms with Crippen molar-refractivity contribution in [2.45, 2.75) is 44.9 Å². The lowest BCUT2D eigenvalue weighted by Gasteiger charge is -2.17. The third-order valence-corrected chi connectivity index (χ3v) is 6.67. The summed E-state index contributed by atoms with van der Waals surface area (Å²) in [5, 5.41) is 32.5. The number of hydrogen-bond donors (Lipinski definition) is 4. The number of carbonyl (C=O) groups excluding carboxylic acids is 1. The van der Waals surface area contributed by atoms with Gasteiger partial charge in [-0.15, -0.1) is 0 Å². The van der Waals surface area contributed by atoms with E-state index in [0.29, 0.717) is 39.3 Å². The SMILES string of the molecule is CC(C)n1c(/C=C/C(O)C[C@@H](O)CC(=O)O)c(-c2ccc(F)cc2)c(-c2ccccc2)c1C(=O)Nc1ccc(F)cc1. The fraction of sp³-hybridized carbons (Fsp3) is 0.212. The molecule has 1 unspecified atom stereocenters. The molecule has 4 aromatic rings. The number of aliphatic hydroxyl groups is 2. The molecule has 1 heterocycles. The van der Waals surface area contributed by atoms with E-state index >= 15 is 0 Å². The van der Waals surface area contributed by atoms with Gasteiger partial charge in [0.1, 0.15) is 17.3 Å². The van der Waals surface area contributed by atoms with E-state index in [-0.39, 0.29) is 12.5 Å². The summed E-state index contributed by atoms with van der Waals surface area (Å²) in [5.74, 6) is -2.52. The molecule has 1 amide bonds. The van der Waals surface area contributed by atoms with Crippen molar-refractivity contribution < 1.29 is 33.7 Å². The molecule has 4 rings (SSSR count). The Bertz CT molecular complexity index is 1560. The van der Waals surface area contributed by atoms with Gasteiger partial charge < -0.3 is 25.2 Å². The van der Waals surface area contributed by atoms with E-state index in [1.807, 2.05) is 44.2 Å². The lowest BCUT2D eigenvalue weighted by Crippen LogP contribution is -2.20. The second kappa shape index (κ2) is 13.4. The molecule has 0 aliphatic rings. The Hall–Kier alpha value is -4.60. The Balaban J connectivity index is 1.95. The van der Waals surface area contributed by atoms with Crippen molar-refractivity contribution in [1.82, 2.24) is 4.57 Å². The smallest absolute Gasteiger partial charge is 0.305 e. The van der Waals surface area contributed by atoms with Crippen molar-refractivity contribution in [2.24, 2.45) is 0 Å². The monoisotopic (exact) mass is 574 g/mol. The molecule has 1 aromatic heterocycles. The standard InChI is InChI=1S/C33H32F2N2O5/c1-20(2)37-28(17-16-26(38)18-27(39)19-29(40)41)30(22-8-10-23(34)11-9-22)31(21-6-4-3-5-7-21)32(37)33(42)36-25-14-12-24(35)13-15-25/h3-17,20,26-27,38-39H,18-19H2,1-2H3,(H,36,42)(H,40,41)/b17-16+/t26?,27-/m1/s1. The number of halogens is 2. The van der Waals surface area contributed by atoms with Gasteiger partial charge in [0, 0.05) is 35.0 Å². The normalized spacial score (nSPS) is 12.9. The third-order valence-electron chi connectivity index (χ3n) is 6.67. The summed E-state index contributed by atoms with van der Waals surface area (Å²) in [7, 11) is 0. The Morgan fingerprint density at radius 3 is 2.00 bits per heavy atom. The van der Waals surface area contributed by atoms with Crippen LogP contribution in [-0.2, 0) is 4.79 Å². The van der Waals surface area contributed by atoms with Crippen LogP contribution >= 0.6 is 0 Å². The summed E-state index contributed by atoms with van der Waals surface area (Å²) < 4.78 is 29.3. The first kappa shape index (κ1) is 30.4. The Morgan fingerprint density at radius 1 is 0.857 bits per heavy atom. The van der Waals surface area contributed by atoms with Crippen molar-refractivity contribution in [3.05, 3.63) is 108 Å². The number of rotatable bonds is 11. The van der Waals surface area contributed by atoms with Crippen LogP contribution in [0.15, 0.2) is 84.9 Å². The van der Waals surface area contributed by atoms with Crippen molar-refractivity contribution in [1.29, 1.82) is 0 Å². The number of carboxylic acid groups (broad SMARTS) is 1. The number of benzene rings is 3. The zero-order valence-electron chi connectivity index (χ0n) is 23.2. The highest BCUT2D eigenvalue weighted by molar-refractivity contribution is 6.11. The van der Waals surface area contributed by atoms with Crippen LogP contribution in [-0.4, -0.2) is 44.0 Å². The quantitative estimate of drug-likeness (QED) is 0.163. The largest absolute Gasteiger partial charge is 0.481 e. The second-order valence-corrected chi connectivity index (χ2v) is 10.2. The van der Waals surface area contributed by atoms with Crippen molar-refractivity contribution in [3.8, 4) is 22.3 Å². The minimum atomic E-state index is -1.26. The van der Waals surface area contributed by atoms with Crippen LogP contribution in [0, 0.1) is 11.6 Å². The van der Waals surface area contributed by atoms with Gasteiger partial charge in [0.2, 0.25) is 0 Å². The summed E-state index contributed by atoms with van der Waals surface area (Å²) in [5.41, 5.74) is 3.72. The molecule has 42 heavy (non-hydrogen) atoms. The average molecular weight is 575 g/mol. The average Bonchev–Trinajstić information content (AvgIpc) is 3.29. The van der Waals surface area contributed by atoms with Gasteiger partial charge in [0.15, 0.2) is 0 Å². The van der Waals surface area contributed by atoms with Crippen molar-refractivity contribution in [2.75, 3.05) is 5.32 Å².